The highest BCUT2D eigenvalue weighted by molar-refractivity contribution is 9.10. The maximum absolute atomic E-state index is 11.8. The third-order valence-corrected chi connectivity index (χ3v) is 5.14. The van der Waals surface area contributed by atoms with Gasteiger partial charge in [-0.2, -0.15) is 0 Å². The minimum Gasteiger partial charge on any atom is -0.423 e. The molecule has 21 heavy (non-hydrogen) atoms. The van der Waals surface area contributed by atoms with Gasteiger partial charge in [0.2, 0.25) is 0 Å². The van der Waals surface area contributed by atoms with Crippen LogP contribution in [0.4, 0.5) is 0 Å². The van der Waals surface area contributed by atoms with E-state index in [1.54, 1.807) is 6.07 Å². The summed E-state index contributed by atoms with van der Waals surface area (Å²) in [5.41, 5.74) is 1.46. The normalized spacial score (nSPS) is 25.6. The first kappa shape index (κ1) is 13.5. The molecule has 2 unspecified atom stereocenters. The van der Waals surface area contributed by atoms with Crippen molar-refractivity contribution in [1.82, 2.24) is 10.2 Å². The first-order valence-corrected chi connectivity index (χ1v) is 8.14. The number of nitrogens with one attached hydrogen (secondary N) is 1. The SMILES string of the molecule is O=c1cc(CN2CC3CNCC3C2)c2ccc(Br)cc2o1. The number of likely N-dealkylation sites (tertiary alicyclic amines) is 1. The van der Waals surface area contributed by atoms with Gasteiger partial charge in [-0.25, -0.2) is 4.79 Å². The number of benzene rings is 1. The average molecular weight is 349 g/mol. The molecule has 110 valence electrons. The van der Waals surface area contributed by atoms with E-state index in [1.165, 1.54) is 0 Å². The number of rotatable bonds is 2. The molecule has 5 heteroatoms. The number of hydrogen-bond donors (Lipinski definition) is 1. The molecule has 2 aliphatic rings. The van der Waals surface area contributed by atoms with Gasteiger partial charge in [0, 0.05) is 35.6 Å². The molecule has 1 aromatic heterocycles. The molecule has 2 aromatic rings. The molecule has 0 aliphatic carbocycles. The molecule has 4 rings (SSSR count). The zero-order chi connectivity index (χ0) is 14.4. The van der Waals surface area contributed by atoms with Gasteiger partial charge in [0.15, 0.2) is 0 Å². The molecule has 2 aliphatic heterocycles. The van der Waals surface area contributed by atoms with Crippen LogP contribution in [0.5, 0.6) is 0 Å². The summed E-state index contributed by atoms with van der Waals surface area (Å²) in [6.45, 7) is 5.33. The zero-order valence-corrected chi connectivity index (χ0v) is 13.2. The highest BCUT2D eigenvalue weighted by Gasteiger charge is 2.35. The summed E-state index contributed by atoms with van der Waals surface area (Å²) < 4.78 is 6.24. The highest BCUT2D eigenvalue weighted by Crippen LogP contribution is 2.29. The van der Waals surface area contributed by atoms with E-state index in [0.717, 1.165) is 60.0 Å². The molecular formula is C16H17BrN2O2. The second-order valence-electron chi connectivity index (χ2n) is 6.10. The maximum Gasteiger partial charge on any atom is 0.336 e. The minimum atomic E-state index is -0.267. The van der Waals surface area contributed by atoms with Crippen molar-refractivity contribution in [3.8, 4) is 0 Å². The summed E-state index contributed by atoms with van der Waals surface area (Å²) in [6, 6.07) is 7.52. The van der Waals surface area contributed by atoms with Crippen molar-refractivity contribution in [3.63, 3.8) is 0 Å². The van der Waals surface area contributed by atoms with Gasteiger partial charge >= 0.3 is 5.63 Å². The fourth-order valence-electron chi connectivity index (χ4n) is 3.66. The summed E-state index contributed by atoms with van der Waals surface area (Å²) in [4.78, 5) is 14.2. The molecule has 2 atom stereocenters. The maximum atomic E-state index is 11.8. The molecule has 1 aromatic carbocycles. The number of nitrogens with zero attached hydrogens (tertiary/aromatic N) is 1. The Labute approximate surface area is 131 Å². The number of halogens is 1. The molecule has 0 amide bonds. The van der Waals surface area contributed by atoms with Gasteiger partial charge in [-0.3, -0.25) is 4.90 Å². The smallest absolute Gasteiger partial charge is 0.336 e. The average Bonchev–Trinajstić information content (AvgIpc) is 2.98. The topological polar surface area (TPSA) is 45.5 Å². The van der Waals surface area contributed by atoms with Crippen molar-refractivity contribution in [3.05, 3.63) is 44.7 Å². The van der Waals surface area contributed by atoms with Crippen LogP contribution in [0.25, 0.3) is 11.0 Å². The Morgan fingerprint density at radius 2 is 2.00 bits per heavy atom. The predicted octanol–water partition coefficient (Wildman–Crippen LogP) is 2.21. The van der Waals surface area contributed by atoms with Gasteiger partial charge < -0.3 is 9.73 Å². The summed E-state index contributed by atoms with van der Waals surface area (Å²) >= 11 is 3.42. The first-order valence-electron chi connectivity index (χ1n) is 7.34. The van der Waals surface area contributed by atoms with E-state index in [1.807, 2.05) is 18.2 Å². The molecule has 1 N–H and O–H groups in total. The van der Waals surface area contributed by atoms with Crippen LogP contribution < -0.4 is 10.9 Å². The van der Waals surface area contributed by atoms with E-state index in [9.17, 15) is 4.79 Å². The van der Waals surface area contributed by atoms with E-state index in [4.69, 9.17) is 4.42 Å². The lowest BCUT2D eigenvalue weighted by Gasteiger charge is -2.17. The van der Waals surface area contributed by atoms with Crippen LogP contribution in [0.1, 0.15) is 5.56 Å². The molecular weight excluding hydrogens is 332 g/mol. The lowest BCUT2D eigenvalue weighted by atomic mass is 10.0. The van der Waals surface area contributed by atoms with Gasteiger partial charge in [-0.1, -0.05) is 15.9 Å². The second kappa shape index (κ2) is 5.23. The molecule has 2 saturated heterocycles. The molecule has 4 nitrogen and oxygen atoms in total. The van der Waals surface area contributed by atoms with Gasteiger partial charge in [0.05, 0.1) is 0 Å². The van der Waals surface area contributed by atoms with Gasteiger partial charge in [-0.15, -0.1) is 0 Å². The highest BCUT2D eigenvalue weighted by atomic mass is 79.9. The van der Waals surface area contributed by atoms with Gasteiger partial charge in [0.25, 0.3) is 0 Å². The molecule has 0 bridgehead atoms. The molecule has 0 saturated carbocycles. The van der Waals surface area contributed by atoms with Crippen LogP contribution in [0.2, 0.25) is 0 Å². The Morgan fingerprint density at radius 3 is 2.76 bits per heavy atom. The molecule has 2 fully saturated rings. The van der Waals surface area contributed by atoms with Crippen LogP contribution in [0, 0.1) is 11.8 Å². The Bertz CT molecular complexity index is 731. The van der Waals surface area contributed by atoms with E-state index in [2.05, 4.69) is 26.1 Å². The van der Waals surface area contributed by atoms with Crippen LogP contribution in [-0.2, 0) is 6.54 Å². The van der Waals surface area contributed by atoms with Gasteiger partial charge in [0.1, 0.15) is 5.58 Å². The molecule has 3 heterocycles. The van der Waals surface area contributed by atoms with E-state index in [0.29, 0.717) is 5.58 Å². The molecule has 0 spiro atoms. The van der Waals surface area contributed by atoms with E-state index >= 15 is 0 Å². The number of hydrogen-bond acceptors (Lipinski definition) is 4. The monoisotopic (exact) mass is 348 g/mol. The lowest BCUT2D eigenvalue weighted by molar-refractivity contribution is 0.306. The Hall–Kier alpha value is -1.17. The summed E-state index contributed by atoms with van der Waals surface area (Å²) in [7, 11) is 0. The standard InChI is InChI=1S/C16H17BrN2O2/c17-13-1-2-14-10(3-16(20)21-15(14)4-13)7-19-8-11-5-18-6-12(11)9-19/h1-4,11-12,18H,5-9H2. The first-order chi connectivity index (χ1) is 10.2. The predicted molar refractivity (Wildman–Crippen MR) is 85.3 cm³/mol. The Balaban J connectivity index is 1.66. The van der Waals surface area contributed by atoms with Crippen molar-refractivity contribution >= 4 is 26.9 Å². The van der Waals surface area contributed by atoms with E-state index < -0.39 is 0 Å². The third kappa shape index (κ3) is 2.54. The van der Waals surface area contributed by atoms with E-state index in [-0.39, 0.29) is 5.63 Å². The Kier molecular flexibility index (Phi) is 3.36. The number of fused-ring (bicyclic) bond motifs is 2. The second-order valence-corrected chi connectivity index (χ2v) is 7.02. The summed E-state index contributed by atoms with van der Waals surface area (Å²) in [6.07, 6.45) is 0. The van der Waals surface area contributed by atoms with Crippen LogP contribution in [0.3, 0.4) is 0 Å². The largest absolute Gasteiger partial charge is 0.423 e. The fourth-order valence-corrected chi connectivity index (χ4v) is 4.00. The third-order valence-electron chi connectivity index (χ3n) is 4.65. The van der Waals surface area contributed by atoms with Crippen molar-refractivity contribution < 1.29 is 4.42 Å². The quantitative estimate of drug-likeness (QED) is 0.845. The summed E-state index contributed by atoms with van der Waals surface area (Å²) in [5.74, 6) is 1.54. The van der Waals surface area contributed by atoms with Crippen molar-refractivity contribution in [2.45, 2.75) is 6.54 Å². The van der Waals surface area contributed by atoms with Gasteiger partial charge in [-0.05, 0) is 48.7 Å². The minimum absolute atomic E-state index is 0.267. The van der Waals surface area contributed by atoms with Crippen LogP contribution >= 0.6 is 15.9 Å². The van der Waals surface area contributed by atoms with Crippen molar-refractivity contribution in [2.75, 3.05) is 26.2 Å². The molecule has 0 radical (unpaired) electrons. The fraction of sp³-hybridized carbons (Fsp3) is 0.438. The van der Waals surface area contributed by atoms with Crippen LogP contribution in [-0.4, -0.2) is 31.1 Å². The zero-order valence-electron chi connectivity index (χ0n) is 11.6. The van der Waals surface area contributed by atoms with Crippen molar-refractivity contribution in [2.24, 2.45) is 11.8 Å². The Morgan fingerprint density at radius 1 is 1.24 bits per heavy atom. The van der Waals surface area contributed by atoms with Crippen LogP contribution in [0.15, 0.2) is 37.9 Å². The lowest BCUT2D eigenvalue weighted by Crippen LogP contribution is -2.25. The summed E-state index contributed by atoms with van der Waals surface area (Å²) in [5, 5.41) is 4.49. The van der Waals surface area contributed by atoms with Crippen molar-refractivity contribution in [1.29, 1.82) is 0 Å².